The molecular weight excluding hydrogens is 236 g/mol. The first kappa shape index (κ1) is 12.5. The minimum absolute atomic E-state index is 0.223. The number of nitrogens with zero attached hydrogens (tertiary/aromatic N) is 2. The van der Waals surface area contributed by atoms with Crippen LogP contribution >= 0.6 is 11.3 Å². The van der Waals surface area contributed by atoms with Crippen molar-refractivity contribution in [3.8, 4) is 0 Å². The summed E-state index contributed by atoms with van der Waals surface area (Å²) >= 11 is 1.69. The van der Waals surface area contributed by atoms with Gasteiger partial charge in [-0.25, -0.2) is 4.98 Å². The zero-order valence-electron chi connectivity index (χ0n) is 10.1. The van der Waals surface area contributed by atoms with Crippen LogP contribution < -0.4 is 0 Å². The number of aromatic nitrogens is 1. The molecule has 94 valence electrons. The third-order valence-electron chi connectivity index (χ3n) is 2.94. The first-order chi connectivity index (χ1) is 8.19. The Hall–Kier alpha value is -0.940. The van der Waals surface area contributed by atoms with E-state index in [-0.39, 0.29) is 6.42 Å². The maximum atomic E-state index is 10.6. The molecule has 1 aromatic heterocycles. The highest BCUT2D eigenvalue weighted by Crippen LogP contribution is 2.28. The van der Waals surface area contributed by atoms with Crippen molar-refractivity contribution in [3.05, 3.63) is 16.1 Å². The van der Waals surface area contributed by atoms with E-state index in [0.717, 1.165) is 23.7 Å². The number of carbonyl (C=O) groups is 1. The van der Waals surface area contributed by atoms with Gasteiger partial charge in [-0.05, 0) is 19.3 Å². The van der Waals surface area contributed by atoms with Gasteiger partial charge in [0.1, 0.15) is 0 Å². The second-order valence-corrected chi connectivity index (χ2v) is 5.37. The van der Waals surface area contributed by atoms with Gasteiger partial charge in [0.15, 0.2) is 0 Å². The summed E-state index contributed by atoms with van der Waals surface area (Å²) in [5.41, 5.74) is 1.09. The summed E-state index contributed by atoms with van der Waals surface area (Å²) in [6.45, 7) is 3.54. The van der Waals surface area contributed by atoms with E-state index in [1.807, 2.05) is 0 Å². The van der Waals surface area contributed by atoms with Crippen LogP contribution in [0.3, 0.4) is 0 Å². The second kappa shape index (κ2) is 5.60. The van der Waals surface area contributed by atoms with E-state index in [9.17, 15) is 4.79 Å². The van der Waals surface area contributed by atoms with Crippen LogP contribution in [0.1, 0.15) is 36.9 Å². The molecule has 1 N–H and O–H groups in total. The number of aliphatic carboxylic acids is 1. The number of hydrogen-bond donors (Lipinski definition) is 1. The molecule has 0 radical (unpaired) electrons. The monoisotopic (exact) mass is 254 g/mol. The molecule has 17 heavy (non-hydrogen) atoms. The lowest BCUT2D eigenvalue weighted by Gasteiger charge is -2.19. The largest absolute Gasteiger partial charge is 0.481 e. The summed E-state index contributed by atoms with van der Waals surface area (Å²) < 4.78 is 0. The highest BCUT2D eigenvalue weighted by molar-refractivity contribution is 7.09. The van der Waals surface area contributed by atoms with Crippen molar-refractivity contribution in [2.24, 2.45) is 0 Å². The highest BCUT2D eigenvalue weighted by Gasteiger charge is 2.29. The first-order valence-electron chi connectivity index (χ1n) is 6.08. The van der Waals surface area contributed by atoms with E-state index in [1.165, 1.54) is 12.8 Å². The number of aryl methyl sites for hydroxylation is 1. The van der Waals surface area contributed by atoms with E-state index >= 15 is 0 Å². The van der Waals surface area contributed by atoms with Crippen LogP contribution in [0.15, 0.2) is 5.38 Å². The zero-order valence-corrected chi connectivity index (χ0v) is 10.9. The van der Waals surface area contributed by atoms with Crippen molar-refractivity contribution in [1.82, 2.24) is 9.88 Å². The second-order valence-electron chi connectivity index (χ2n) is 4.43. The van der Waals surface area contributed by atoms with Crippen LogP contribution in [-0.2, 0) is 17.8 Å². The van der Waals surface area contributed by atoms with Crippen LogP contribution in [0.25, 0.3) is 0 Å². The molecule has 0 aromatic carbocycles. The Balaban J connectivity index is 1.90. The third-order valence-corrected chi connectivity index (χ3v) is 3.98. The van der Waals surface area contributed by atoms with E-state index in [1.54, 1.807) is 11.3 Å². The minimum atomic E-state index is -0.719. The minimum Gasteiger partial charge on any atom is -0.481 e. The molecule has 0 aliphatic heterocycles. The van der Waals surface area contributed by atoms with E-state index in [0.29, 0.717) is 12.6 Å². The molecule has 0 atom stereocenters. The predicted molar refractivity (Wildman–Crippen MR) is 67.2 cm³/mol. The average Bonchev–Trinajstić information content (AvgIpc) is 3.04. The predicted octanol–water partition coefficient (Wildman–Crippen LogP) is 2.14. The Morgan fingerprint density at radius 1 is 1.65 bits per heavy atom. The molecule has 4 nitrogen and oxygen atoms in total. The summed E-state index contributed by atoms with van der Waals surface area (Å²) in [5, 5.41) is 12.0. The lowest BCUT2D eigenvalue weighted by molar-refractivity contribution is -0.137. The fourth-order valence-electron chi connectivity index (χ4n) is 1.86. The van der Waals surface area contributed by atoms with Gasteiger partial charge in [0.2, 0.25) is 0 Å². The van der Waals surface area contributed by atoms with Gasteiger partial charge >= 0.3 is 5.97 Å². The lowest BCUT2D eigenvalue weighted by atomic mass is 10.3. The molecule has 1 aliphatic carbocycles. The molecule has 1 aliphatic rings. The van der Waals surface area contributed by atoms with Gasteiger partial charge in [-0.15, -0.1) is 11.3 Å². The van der Waals surface area contributed by atoms with Gasteiger partial charge in [0.25, 0.3) is 0 Å². The maximum Gasteiger partial charge on any atom is 0.304 e. The number of carboxylic acid groups (broad SMARTS) is 1. The van der Waals surface area contributed by atoms with E-state index in [4.69, 9.17) is 5.11 Å². The molecule has 1 aromatic rings. The number of hydrogen-bond acceptors (Lipinski definition) is 4. The summed E-state index contributed by atoms with van der Waals surface area (Å²) in [7, 11) is 0. The summed E-state index contributed by atoms with van der Waals surface area (Å²) in [5.74, 6) is -0.719. The van der Waals surface area contributed by atoms with E-state index in [2.05, 4.69) is 22.2 Å². The number of thiazole rings is 1. The zero-order chi connectivity index (χ0) is 12.3. The van der Waals surface area contributed by atoms with Crippen molar-refractivity contribution in [3.63, 3.8) is 0 Å². The van der Waals surface area contributed by atoms with Crippen LogP contribution in [0.4, 0.5) is 0 Å². The molecule has 0 spiro atoms. The van der Waals surface area contributed by atoms with Crippen molar-refractivity contribution in [2.75, 3.05) is 6.54 Å². The molecule has 0 saturated heterocycles. The molecule has 1 saturated carbocycles. The summed E-state index contributed by atoms with van der Waals surface area (Å²) in [6.07, 6.45) is 3.60. The van der Waals surface area contributed by atoms with Gasteiger partial charge in [-0.3, -0.25) is 9.69 Å². The Morgan fingerprint density at radius 2 is 2.41 bits per heavy atom. The highest BCUT2D eigenvalue weighted by atomic mass is 32.1. The Kier molecular flexibility index (Phi) is 4.12. The fourth-order valence-corrected chi connectivity index (χ4v) is 2.60. The Morgan fingerprint density at radius 3 is 2.94 bits per heavy atom. The van der Waals surface area contributed by atoms with Crippen molar-refractivity contribution in [2.45, 2.75) is 45.2 Å². The van der Waals surface area contributed by atoms with Gasteiger partial charge in [0, 0.05) is 24.5 Å². The van der Waals surface area contributed by atoms with Crippen LogP contribution in [0.2, 0.25) is 0 Å². The van der Waals surface area contributed by atoms with Crippen LogP contribution in [0, 0.1) is 0 Å². The molecular formula is C12H18N2O2S. The fraction of sp³-hybridized carbons (Fsp3) is 0.667. The smallest absolute Gasteiger partial charge is 0.304 e. The standard InChI is InChI=1S/C12H18N2O2S/c1-2-11-13-9(8-17-11)7-14(10-3-4-10)6-5-12(15)16/h8,10H,2-7H2,1H3,(H,15,16). The van der Waals surface area contributed by atoms with Crippen LogP contribution in [-0.4, -0.2) is 33.5 Å². The number of carboxylic acids is 1. The van der Waals surface area contributed by atoms with Crippen LogP contribution in [0.5, 0.6) is 0 Å². The molecule has 0 unspecified atom stereocenters. The SMILES string of the molecule is CCc1nc(CN(CCC(=O)O)C2CC2)cs1. The van der Waals surface area contributed by atoms with Crippen molar-refractivity contribution < 1.29 is 9.90 Å². The molecule has 1 fully saturated rings. The van der Waals surface area contributed by atoms with Crippen molar-refractivity contribution in [1.29, 1.82) is 0 Å². The summed E-state index contributed by atoms with van der Waals surface area (Å²) in [4.78, 5) is 17.4. The van der Waals surface area contributed by atoms with Crippen molar-refractivity contribution >= 4 is 17.3 Å². The van der Waals surface area contributed by atoms with E-state index < -0.39 is 5.97 Å². The van der Waals surface area contributed by atoms with Gasteiger partial charge in [-0.1, -0.05) is 6.92 Å². The van der Waals surface area contributed by atoms with Gasteiger partial charge < -0.3 is 5.11 Å². The third kappa shape index (κ3) is 3.78. The Labute approximate surface area is 105 Å². The molecule has 0 amide bonds. The molecule has 1 heterocycles. The number of rotatable bonds is 7. The molecule has 2 rings (SSSR count). The quantitative estimate of drug-likeness (QED) is 0.810. The Bertz CT molecular complexity index is 388. The summed E-state index contributed by atoms with van der Waals surface area (Å²) in [6, 6.07) is 0.584. The maximum absolute atomic E-state index is 10.6. The molecule has 5 heteroatoms. The molecule has 0 bridgehead atoms. The lowest BCUT2D eigenvalue weighted by Crippen LogP contribution is -2.28. The van der Waals surface area contributed by atoms with Gasteiger partial charge in [0.05, 0.1) is 17.1 Å². The normalized spacial score (nSPS) is 15.4. The topological polar surface area (TPSA) is 53.4 Å². The average molecular weight is 254 g/mol. The van der Waals surface area contributed by atoms with Gasteiger partial charge in [-0.2, -0.15) is 0 Å². The first-order valence-corrected chi connectivity index (χ1v) is 6.96.